The van der Waals surface area contributed by atoms with Crippen molar-refractivity contribution in [1.82, 2.24) is 19.7 Å². The van der Waals surface area contributed by atoms with Crippen LogP contribution in [0.4, 0.5) is 0 Å². The minimum absolute atomic E-state index is 0.0562. The maximum atomic E-state index is 13.3. The van der Waals surface area contributed by atoms with Crippen molar-refractivity contribution in [1.29, 1.82) is 0 Å². The number of pyridine rings is 1. The van der Waals surface area contributed by atoms with E-state index in [9.17, 15) is 4.79 Å². The molecule has 1 saturated carbocycles. The summed E-state index contributed by atoms with van der Waals surface area (Å²) in [5.74, 6) is 0.693. The Labute approximate surface area is 151 Å². The van der Waals surface area contributed by atoms with Crippen molar-refractivity contribution >= 4 is 28.3 Å². The topological polar surface area (TPSA) is 51.0 Å². The molecule has 3 aromatic rings. The highest BCUT2D eigenvalue weighted by atomic mass is 32.1. The highest BCUT2D eigenvalue weighted by Crippen LogP contribution is 2.36. The summed E-state index contributed by atoms with van der Waals surface area (Å²) in [5, 5.41) is 7.38. The molecule has 3 heterocycles. The first-order valence-corrected chi connectivity index (χ1v) is 9.50. The molecule has 0 aliphatic heterocycles. The van der Waals surface area contributed by atoms with Crippen LogP contribution in [-0.2, 0) is 7.05 Å². The summed E-state index contributed by atoms with van der Waals surface area (Å²) >= 11 is 1.63. The van der Waals surface area contributed by atoms with Crippen LogP contribution in [0, 0.1) is 12.8 Å². The quantitative estimate of drug-likeness (QED) is 0.714. The lowest BCUT2D eigenvalue weighted by atomic mass is 10.1. The van der Waals surface area contributed by atoms with Crippen LogP contribution >= 0.6 is 11.3 Å². The number of hydrogen-bond acceptors (Lipinski definition) is 4. The molecule has 0 radical (unpaired) electrons. The number of fused-ring (bicyclic) bond motifs is 1. The van der Waals surface area contributed by atoms with E-state index in [0.717, 1.165) is 27.3 Å². The summed E-state index contributed by atoms with van der Waals surface area (Å²) in [7, 11) is 3.79. The average molecular weight is 354 g/mol. The third-order valence-electron chi connectivity index (χ3n) is 5.21. The lowest BCUT2D eigenvalue weighted by Crippen LogP contribution is -2.36. The Bertz CT molecular complexity index is 940. The summed E-state index contributed by atoms with van der Waals surface area (Å²) in [6.07, 6.45) is 2.44. The highest BCUT2D eigenvalue weighted by molar-refractivity contribution is 7.13. The Hall–Kier alpha value is -2.21. The van der Waals surface area contributed by atoms with Gasteiger partial charge in [0.2, 0.25) is 0 Å². The van der Waals surface area contributed by atoms with Gasteiger partial charge in [-0.1, -0.05) is 6.07 Å². The van der Waals surface area contributed by atoms with E-state index in [1.54, 1.807) is 16.0 Å². The molecule has 1 fully saturated rings. The lowest BCUT2D eigenvalue weighted by Gasteiger charge is -2.25. The second-order valence-corrected chi connectivity index (χ2v) is 7.88. The van der Waals surface area contributed by atoms with E-state index in [1.165, 1.54) is 12.8 Å². The van der Waals surface area contributed by atoms with Gasteiger partial charge in [-0.05, 0) is 50.1 Å². The molecular formula is C19H22N4OS. The van der Waals surface area contributed by atoms with Crippen molar-refractivity contribution in [3.05, 3.63) is 34.8 Å². The first-order chi connectivity index (χ1) is 12.0. The Morgan fingerprint density at radius 1 is 1.44 bits per heavy atom. The number of rotatable bonds is 4. The van der Waals surface area contributed by atoms with Gasteiger partial charge in [0.1, 0.15) is 0 Å². The number of amides is 1. The third-order valence-corrected chi connectivity index (χ3v) is 6.10. The Balaban J connectivity index is 1.87. The Morgan fingerprint density at radius 3 is 2.84 bits per heavy atom. The molecule has 3 aromatic heterocycles. The normalized spacial score (nSPS) is 15.5. The van der Waals surface area contributed by atoms with Crippen LogP contribution in [0.25, 0.3) is 21.6 Å². The minimum atomic E-state index is 0.0562. The SMILES string of the molecule is Cc1nn(C)c2nc(-c3cccs3)cc(C(=O)N(C)C(C)C3CC3)c12. The molecule has 0 saturated heterocycles. The molecule has 5 nitrogen and oxygen atoms in total. The van der Waals surface area contributed by atoms with Crippen molar-refractivity contribution in [2.75, 3.05) is 7.05 Å². The van der Waals surface area contributed by atoms with Crippen LogP contribution in [0.3, 0.4) is 0 Å². The van der Waals surface area contributed by atoms with E-state index in [1.807, 2.05) is 49.5 Å². The predicted molar refractivity (Wildman–Crippen MR) is 101 cm³/mol. The van der Waals surface area contributed by atoms with Gasteiger partial charge in [0.15, 0.2) is 5.65 Å². The molecule has 130 valence electrons. The number of carbonyl (C=O) groups is 1. The zero-order valence-electron chi connectivity index (χ0n) is 15.0. The maximum Gasteiger partial charge on any atom is 0.254 e. The van der Waals surface area contributed by atoms with Gasteiger partial charge in [0, 0.05) is 20.1 Å². The highest BCUT2D eigenvalue weighted by Gasteiger charge is 2.33. The maximum absolute atomic E-state index is 13.3. The second-order valence-electron chi connectivity index (χ2n) is 6.93. The molecule has 1 aliphatic carbocycles. The van der Waals surface area contributed by atoms with Gasteiger partial charge >= 0.3 is 0 Å². The van der Waals surface area contributed by atoms with Crippen LogP contribution < -0.4 is 0 Å². The molecule has 0 N–H and O–H groups in total. The van der Waals surface area contributed by atoms with Crippen LogP contribution in [0.15, 0.2) is 23.6 Å². The monoisotopic (exact) mass is 354 g/mol. The summed E-state index contributed by atoms with van der Waals surface area (Å²) < 4.78 is 1.77. The number of aryl methyl sites for hydroxylation is 2. The standard InChI is InChI=1S/C19H22N4OS/c1-11-17-14(19(24)22(3)12(2)13-7-8-13)10-15(16-6-5-9-25-16)20-18(17)23(4)21-11/h5-6,9-10,12-13H,7-8H2,1-4H3. The van der Waals surface area contributed by atoms with E-state index in [-0.39, 0.29) is 11.9 Å². The second kappa shape index (κ2) is 5.95. The molecule has 0 aromatic carbocycles. The molecule has 1 unspecified atom stereocenters. The van der Waals surface area contributed by atoms with E-state index < -0.39 is 0 Å². The predicted octanol–water partition coefficient (Wildman–Crippen LogP) is 3.88. The summed E-state index contributed by atoms with van der Waals surface area (Å²) in [4.78, 5) is 21.0. The first kappa shape index (κ1) is 16.3. The molecule has 0 spiro atoms. The van der Waals surface area contributed by atoms with E-state index in [4.69, 9.17) is 4.98 Å². The van der Waals surface area contributed by atoms with Gasteiger partial charge in [-0.25, -0.2) is 4.98 Å². The van der Waals surface area contributed by atoms with Gasteiger partial charge in [0.25, 0.3) is 5.91 Å². The van der Waals surface area contributed by atoms with Crippen molar-refractivity contribution in [3.8, 4) is 10.6 Å². The lowest BCUT2D eigenvalue weighted by molar-refractivity contribution is 0.0729. The molecule has 0 bridgehead atoms. The zero-order valence-corrected chi connectivity index (χ0v) is 15.8. The summed E-state index contributed by atoms with van der Waals surface area (Å²) in [5.41, 5.74) is 3.15. The molecule has 1 amide bonds. The smallest absolute Gasteiger partial charge is 0.254 e. The minimum Gasteiger partial charge on any atom is -0.339 e. The van der Waals surface area contributed by atoms with Gasteiger partial charge in [-0.3, -0.25) is 9.48 Å². The van der Waals surface area contributed by atoms with Gasteiger partial charge < -0.3 is 4.90 Å². The summed E-state index contributed by atoms with van der Waals surface area (Å²) in [6.45, 7) is 4.08. The fourth-order valence-corrected chi connectivity index (χ4v) is 4.12. The summed E-state index contributed by atoms with van der Waals surface area (Å²) in [6, 6.07) is 6.23. The van der Waals surface area contributed by atoms with Crippen molar-refractivity contribution in [2.45, 2.75) is 32.7 Å². The number of nitrogens with zero attached hydrogens (tertiary/aromatic N) is 4. The molecule has 1 aliphatic rings. The largest absolute Gasteiger partial charge is 0.339 e. The van der Waals surface area contributed by atoms with Gasteiger partial charge in [-0.2, -0.15) is 5.10 Å². The van der Waals surface area contributed by atoms with E-state index in [0.29, 0.717) is 11.5 Å². The van der Waals surface area contributed by atoms with Gasteiger partial charge in [-0.15, -0.1) is 11.3 Å². The Morgan fingerprint density at radius 2 is 2.20 bits per heavy atom. The van der Waals surface area contributed by atoms with Crippen molar-refractivity contribution < 1.29 is 4.79 Å². The molecule has 1 atom stereocenters. The zero-order chi connectivity index (χ0) is 17.7. The molecular weight excluding hydrogens is 332 g/mol. The number of hydrogen-bond donors (Lipinski definition) is 0. The van der Waals surface area contributed by atoms with Crippen LogP contribution in [0.5, 0.6) is 0 Å². The molecule has 6 heteroatoms. The molecule has 4 rings (SSSR count). The number of carbonyl (C=O) groups excluding carboxylic acids is 1. The fourth-order valence-electron chi connectivity index (χ4n) is 3.43. The number of aromatic nitrogens is 3. The van der Waals surface area contributed by atoms with Gasteiger partial charge in [0.05, 0.1) is 27.2 Å². The number of thiophene rings is 1. The third kappa shape index (κ3) is 2.74. The fraction of sp³-hybridized carbons (Fsp3) is 0.421. The van der Waals surface area contributed by atoms with Crippen molar-refractivity contribution in [3.63, 3.8) is 0 Å². The van der Waals surface area contributed by atoms with E-state index >= 15 is 0 Å². The average Bonchev–Trinajstić information content (AvgIpc) is 3.23. The van der Waals surface area contributed by atoms with Crippen LogP contribution in [0.2, 0.25) is 0 Å². The van der Waals surface area contributed by atoms with Crippen LogP contribution in [0.1, 0.15) is 35.8 Å². The Kier molecular flexibility index (Phi) is 3.87. The molecule has 25 heavy (non-hydrogen) atoms. The van der Waals surface area contributed by atoms with Crippen LogP contribution in [-0.4, -0.2) is 38.7 Å². The first-order valence-electron chi connectivity index (χ1n) is 8.62. The van der Waals surface area contributed by atoms with E-state index in [2.05, 4.69) is 12.0 Å². The van der Waals surface area contributed by atoms with Crippen molar-refractivity contribution in [2.24, 2.45) is 13.0 Å².